The average Bonchev–Trinajstić information content (AvgIpc) is 2.86. The number of amides is 1. The molecule has 2 atom stereocenters. The number of non-ortho nitro benzene ring substituents is 1. The normalized spacial score (nSPS) is 21.3. The number of carbonyl (C=O) groups excluding carboxylic acids is 1. The van der Waals surface area contributed by atoms with Gasteiger partial charge >= 0.3 is 0 Å². The average molecular weight is 293 g/mol. The summed E-state index contributed by atoms with van der Waals surface area (Å²) in [5.41, 5.74) is 5.63. The third-order valence-electron chi connectivity index (χ3n) is 3.72. The van der Waals surface area contributed by atoms with Gasteiger partial charge in [0, 0.05) is 24.7 Å². The Labute approximate surface area is 122 Å². The maximum absolute atomic E-state index is 12.1. The molecule has 7 heteroatoms. The predicted octanol–water partition coefficient (Wildman–Crippen LogP) is 1.17. The van der Waals surface area contributed by atoms with E-state index in [9.17, 15) is 14.9 Å². The Kier molecular flexibility index (Phi) is 4.74. The fourth-order valence-electron chi connectivity index (χ4n) is 2.55. The molecule has 114 valence electrons. The minimum Gasteiger partial charge on any atom is -0.484 e. The third-order valence-corrected chi connectivity index (χ3v) is 3.72. The van der Waals surface area contributed by atoms with Gasteiger partial charge in [0.05, 0.1) is 4.92 Å². The zero-order chi connectivity index (χ0) is 15.4. The zero-order valence-electron chi connectivity index (χ0n) is 11.9. The van der Waals surface area contributed by atoms with Crippen molar-refractivity contribution in [3.8, 4) is 5.75 Å². The quantitative estimate of drug-likeness (QED) is 0.649. The van der Waals surface area contributed by atoms with Crippen LogP contribution in [0.4, 0.5) is 5.69 Å². The van der Waals surface area contributed by atoms with Crippen LogP contribution in [0.3, 0.4) is 0 Å². The summed E-state index contributed by atoms with van der Waals surface area (Å²) in [6, 6.07) is 5.85. The van der Waals surface area contributed by atoms with E-state index in [2.05, 4.69) is 0 Å². The standard InChI is InChI=1S/C14H19N3O4/c1-10-6-11(7-15)8-16(10)14(18)9-21-13-4-2-12(3-5-13)17(19)20/h2-5,10-11H,6-9,15H2,1H3. The molecule has 0 radical (unpaired) electrons. The monoisotopic (exact) mass is 293 g/mol. The van der Waals surface area contributed by atoms with Crippen molar-refractivity contribution in [2.24, 2.45) is 11.7 Å². The first-order valence-corrected chi connectivity index (χ1v) is 6.88. The van der Waals surface area contributed by atoms with Crippen molar-refractivity contribution in [1.29, 1.82) is 0 Å². The fourth-order valence-corrected chi connectivity index (χ4v) is 2.55. The summed E-state index contributed by atoms with van der Waals surface area (Å²) < 4.78 is 5.39. The smallest absolute Gasteiger partial charge is 0.269 e. The molecule has 7 nitrogen and oxygen atoms in total. The molecule has 1 aliphatic heterocycles. The molecule has 1 aromatic carbocycles. The first-order chi connectivity index (χ1) is 10.0. The van der Waals surface area contributed by atoms with E-state index in [4.69, 9.17) is 10.5 Å². The second-order valence-electron chi connectivity index (χ2n) is 5.27. The topological polar surface area (TPSA) is 98.7 Å². The molecule has 0 saturated carbocycles. The molecular weight excluding hydrogens is 274 g/mol. The third kappa shape index (κ3) is 3.69. The van der Waals surface area contributed by atoms with Crippen molar-refractivity contribution in [2.75, 3.05) is 19.7 Å². The fraction of sp³-hybridized carbons (Fsp3) is 0.500. The molecule has 1 amide bonds. The lowest BCUT2D eigenvalue weighted by molar-refractivity contribution is -0.384. The van der Waals surface area contributed by atoms with Crippen LogP contribution in [-0.2, 0) is 4.79 Å². The minimum atomic E-state index is -0.478. The molecule has 0 aliphatic carbocycles. The number of hydrogen-bond donors (Lipinski definition) is 1. The van der Waals surface area contributed by atoms with Crippen molar-refractivity contribution in [3.05, 3.63) is 34.4 Å². The Morgan fingerprint density at radius 1 is 1.48 bits per heavy atom. The highest BCUT2D eigenvalue weighted by Gasteiger charge is 2.31. The molecular formula is C14H19N3O4. The molecule has 21 heavy (non-hydrogen) atoms. The van der Waals surface area contributed by atoms with Crippen molar-refractivity contribution >= 4 is 11.6 Å². The van der Waals surface area contributed by atoms with Crippen LogP contribution in [0.2, 0.25) is 0 Å². The molecule has 0 aromatic heterocycles. The van der Waals surface area contributed by atoms with Gasteiger partial charge in [-0.25, -0.2) is 0 Å². The number of carbonyl (C=O) groups is 1. The molecule has 1 aliphatic rings. The predicted molar refractivity (Wildman–Crippen MR) is 76.9 cm³/mol. The van der Waals surface area contributed by atoms with Gasteiger partial charge in [-0.1, -0.05) is 0 Å². The molecule has 1 heterocycles. The second-order valence-corrected chi connectivity index (χ2v) is 5.27. The Morgan fingerprint density at radius 2 is 2.14 bits per heavy atom. The number of nitrogens with two attached hydrogens (primary N) is 1. The Morgan fingerprint density at radius 3 is 2.67 bits per heavy atom. The van der Waals surface area contributed by atoms with Crippen LogP contribution in [0.5, 0.6) is 5.75 Å². The van der Waals surface area contributed by atoms with Crippen molar-refractivity contribution in [2.45, 2.75) is 19.4 Å². The zero-order valence-corrected chi connectivity index (χ0v) is 11.9. The van der Waals surface area contributed by atoms with Crippen LogP contribution in [0.1, 0.15) is 13.3 Å². The summed E-state index contributed by atoms with van der Waals surface area (Å²) in [6.07, 6.45) is 0.916. The van der Waals surface area contributed by atoms with E-state index < -0.39 is 4.92 Å². The van der Waals surface area contributed by atoms with E-state index in [-0.39, 0.29) is 24.2 Å². The van der Waals surface area contributed by atoms with E-state index in [1.165, 1.54) is 24.3 Å². The van der Waals surface area contributed by atoms with Crippen LogP contribution in [0.25, 0.3) is 0 Å². The summed E-state index contributed by atoms with van der Waals surface area (Å²) in [6.45, 7) is 3.18. The van der Waals surface area contributed by atoms with Gasteiger partial charge in [0.15, 0.2) is 6.61 Å². The number of rotatable bonds is 5. The maximum atomic E-state index is 12.1. The minimum absolute atomic E-state index is 0.00682. The molecule has 1 fully saturated rings. The van der Waals surface area contributed by atoms with Crippen molar-refractivity contribution < 1.29 is 14.5 Å². The Balaban J connectivity index is 1.88. The number of likely N-dealkylation sites (tertiary alicyclic amines) is 1. The number of nitro benzene ring substituents is 1. The first kappa shape index (κ1) is 15.2. The molecule has 2 rings (SSSR count). The Hall–Kier alpha value is -2.15. The maximum Gasteiger partial charge on any atom is 0.269 e. The van der Waals surface area contributed by atoms with Gasteiger partial charge in [0.2, 0.25) is 0 Å². The van der Waals surface area contributed by atoms with Gasteiger partial charge in [0.25, 0.3) is 11.6 Å². The number of nitro groups is 1. The highest BCUT2D eigenvalue weighted by molar-refractivity contribution is 5.78. The molecule has 2 N–H and O–H groups in total. The van der Waals surface area contributed by atoms with Crippen LogP contribution < -0.4 is 10.5 Å². The summed E-state index contributed by atoms with van der Waals surface area (Å²) in [4.78, 5) is 24.0. The number of benzene rings is 1. The lowest BCUT2D eigenvalue weighted by Gasteiger charge is -2.21. The SMILES string of the molecule is CC1CC(CN)CN1C(=O)COc1ccc([N+](=O)[O-])cc1. The molecule has 1 aromatic rings. The largest absolute Gasteiger partial charge is 0.484 e. The molecule has 1 saturated heterocycles. The van der Waals surface area contributed by atoms with Crippen molar-refractivity contribution in [3.63, 3.8) is 0 Å². The van der Waals surface area contributed by atoms with Crippen molar-refractivity contribution in [1.82, 2.24) is 4.90 Å². The summed E-state index contributed by atoms with van der Waals surface area (Å²) in [5, 5.41) is 10.5. The van der Waals surface area contributed by atoms with Gasteiger partial charge < -0.3 is 15.4 Å². The van der Waals surface area contributed by atoms with E-state index in [1.807, 2.05) is 6.92 Å². The summed E-state index contributed by atoms with van der Waals surface area (Å²) >= 11 is 0. The van der Waals surface area contributed by atoms with E-state index in [0.29, 0.717) is 24.8 Å². The summed E-state index contributed by atoms with van der Waals surface area (Å²) in [7, 11) is 0. The summed E-state index contributed by atoms with van der Waals surface area (Å²) in [5.74, 6) is 0.705. The van der Waals surface area contributed by atoms with Gasteiger partial charge in [-0.2, -0.15) is 0 Å². The van der Waals surface area contributed by atoms with Crippen LogP contribution in [0.15, 0.2) is 24.3 Å². The van der Waals surface area contributed by atoms with Gasteiger partial charge in [-0.15, -0.1) is 0 Å². The molecule has 2 unspecified atom stereocenters. The van der Waals surface area contributed by atoms with E-state index in [0.717, 1.165) is 6.42 Å². The lowest BCUT2D eigenvalue weighted by Crippen LogP contribution is -2.37. The first-order valence-electron chi connectivity index (χ1n) is 6.88. The number of nitrogens with zero attached hydrogens (tertiary/aromatic N) is 2. The molecule has 0 bridgehead atoms. The van der Waals surface area contributed by atoms with Gasteiger partial charge in [0.1, 0.15) is 5.75 Å². The lowest BCUT2D eigenvalue weighted by atomic mass is 10.1. The number of ether oxygens (including phenoxy) is 1. The van der Waals surface area contributed by atoms with E-state index in [1.54, 1.807) is 4.90 Å². The molecule has 0 spiro atoms. The van der Waals surface area contributed by atoms with Gasteiger partial charge in [-0.3, -0.25) is 14.9 Å². The van der Waals surface area contributed by atoms with Crippen LogP contribution >= 0.6 is 0 Å². The number of hydrogen-bond acceptors (Lipinski definition) is 5. The van der Waals surface area contributed by atoms with Crippen LogP contribution in [-0.4, -0.2) is 41.5 Å². The van der Waals surface area contributed by atoms with E-state index >= 15 is 0 Å². The second kappa shape index (κ2) is 6.53. The van der Waals surface area contributed by atoms with Gasteiger partial charge in [-0.05, 0) is 37.9 Å². The highest BCUT2D eigenvalue weighted by Crippen LogP contribution is 2.22. The Bertz CT molecular complexity index is 517. The highest BCUT2D eigenvalue weighted by atomic mass is 16.6. The van der Waals surface area contributed by atoms with Crippen LogP contribution in [0, 0.1) is 16.0 Å².